The highest BCUT2D eigenvalue weighted by Crippen LogP contribution is 2.34. The van der Waals surface area contributed by atoms with E-state index in [0.29, 0.717) is 28.3 Å². The summed E-state index contributed by atoms with van der Waals surface area (Å²) in [5.41, 5.74) is 2.11. The number of para-hydroxylation sites is 1. The Morgan fingerprint density at radius 2 is 1.97 bits per heavy atom. The van der Waals surface area contributed by atoms with Crippen LogP contribution in [0.4, 0.5) is 0 Å². The van der Waals surface area contributed by atoms with Crippen LogP contribution < -0.4 is 5.56 Å². The number of hydrogen-bond acceptors (Lipinski definition) is 7. The maximum Gasteiger partial charge on any atom is 0.259 e. The molecule has 160 valence electrons. The van der Waals surface area contributed by atoms with Gasteiger partial charge in [-0.3, -0.25) is 9.36 Å². The van der Waals surface area contributed by atoms with Crippen LogP contribution in [0.25, 0.3) is 27.5 Å². The summed E-state index contributed by atoms with van der Waals surface area (Å²) in [5.74, 6) is 2.40. The number of rotatable bonds is 5. The van der Waals surface area contributed by atoms with E-state index >= 15 is 0 Å². The van der Waals surface area contributed by atoms with Crippen molar-refractivity contribution in [3.63, 3.8) is 0 Å². The Labute approximate surface area is 191 Å². The summed E-state index contributed by atoms with van der Waals surface area (Å²) < 4.78 is 7.53. The fourth-order valence-corrected chi connectivity index (χ4v) is 6.25. The Kier molecular flexibility index (Phi) is 4.92. The molecule has 6 rings (SSSR count). The van der Waals surface area contributed by atoms with Gasteiger partial charge in [-0.05, 0) is 55.5 Å². The van der Waals surface area contributed by atoms with Crippen molar-refractivity contribution in [3.05, 3.63) is 75.3 Å². The van der Waals surface area contributed by atoms with Gasteiger partial charge in [0.05, 0.1) is 17.4 Å². The zero-order valence-corrected chi connectivity index (χ0v) is 18.7. The molecule has 1 aromatic carbocycles. The molecular formula is C23H19N5O2S2. The van der Waals surface area contributed by atoms with Crippen LogP contribution in [0.2, 0.25) is 0 Å². The van der Waals surface area contributed by atoms with Crippen molar-refractivity contribution in [1.82, 2.24) is 24.7 Å². The fraction of sp³-hybridized carbons (Fsp3) is 0.217. The average molecular weight is 462 g/mol. The molecule has 4 heterocycles. The predicted octanol–water partition coefficient (Wildman–Crippen LogP) is 5.00. The first-order valence-corrected chi connectivity index (χ1v) is 12.3. The van der Waals surface area contributed by atoms with Crippen molar-refractivity contribution in [2.24, 2.45) is 0 Å². The topological polar surface area (TPSA) is 89.6 Å². The third kappa shape index (κ3) is 3.37. The number of aromatic nitrogens is 5. The van der Waals surface area contributed by atoms with Gasteiger partial charge in [0, 0.05) is 10.6 Å². The van der Waals surface area contributed by atoms with Crippen LogP contribution in [0.5, 0.6) is 0 Å². The van der Waals surface area contributed by atoms with E-state index in [0.717, 1.165) is 35.2 Å². The van der Waals surface area contributed by atoms with Gasteiger partial charge in [0.1, 0.15) is 10.7 Å². The van der Waals surface area contributed by atoms with E-state index in [1.54, 1.807) is 17.6 Å². The highest BCUT2D eigenvalue weighted by atomic mass is 32.2. The van der Waals surface area contributed by atoms with Crippen molar-refractivity contribution in [1.29, 1.82) is 0 Å². The number of aryl methyl sites for hydroxylation is 2. The first-order valence-electron chi connectivity index (χ1n) is 10.5. The normalized spacial score (nSPS) is 13.5. The van der Waals surface area contributed by atoms with E-state index in [9.17, 15) is 4.79 Å². The average Bonchev–Trinajstić information content (AvgIpc) is 3.55. The summed E-state index contributed by atoms with van der Waals surface area (Å²) in [6.07, 6.45) is 5.98. The molecule has 0 saturated heterocycles. The van der Waals surface area contributed by atoms with E-state index in [1.165, 1.54) is 28.6 Å². The van der Waals surface area contributed by atoms with Gasteiger partial charge >= 0.3 is 0 Å². The van der Waals surface area contributed by atoms with Crippen molar-refractivity contribution < 1.29 is 4.42 Å². The fourth-order valence-electron chi connectivity index (χ4n) is 4.15. The minimum Gasteiger partial charge on any atom is -0.461 e. The second kappa shape index (κ2) is 8.07. The molecule has 1 aliphatic rings. The lowest BCUT2D eigenvalue weighted by molar-refractivity contribution is 0.575. The van der Waals surface area contributed by atoms with Gasteiger partial charge in [0.2, 0.25) is 5.82 Å². The van der Waals surface area contributed by atoms with Crippen LogP contribution >= 0.6 is 23.1 Å². The largest absolute Gasteiger partial charge is 0.461 e. The van der Waals surface area contributed by atoms with Crippen LogP contribution in [0.15, 0.2) is 63.1 Å². The van der Waals surface area contributed by atoms with Crippen LogP contribution in [0.1, 0.15) is 29.1 Å². The number of nitrogens with one attached hydrogen (secondary N) is 1. The number of benzene rings is 1. The zero-order valence-electron chi connectivity index (χ0n) is 17.1. The summed E-state index contributed by atoms with van der Waals surface area (Å²) in [7, 11) is 0. The van der Waals surface area contributed by atoms with Gasteiger partial charge in [0.25, 0.3) is 5.56 Å². The van der Waals surface area contributed by atoms with E-state index in [4.69, 9.17) is 9.40 Å². The third-order valence-corrected chi connectivity index (χ3v) is 7.73. The van der Waals surface area contributed by atoms with Gasteiger partial charge in [-0.15, -0.1) is 21.5 Å². The first kappa shape index (κ1) is 19.5. The number of hydrogen-bond donors (Lipinski definition) is 1. The lowest BCUT2D eigenvalue weighted by atomic mass is 9.97. The first-order chi connectivity index (χ1) is 15.8. The van der Waals surface area contributed by atoms with E-state index in [-0.39, 0.29) is 5.56 Å². The summed E-state index contributed by atoms with van der Waals surface area (Å²) >= 11 is 3.15. The number of fused-ring (bicyclic) bond motifs is 3. The quantitative estimate of drug-likeness (QED) is 0.371. The standard InChI is InChI=1S/C23H19N5O2S2/c29-21-19-15-9-4-5-11-17(15)32-22(19)25-18(24-21)13-31-23-27-26-20(16-10-6-12-30-16)28(23)14-7-2-1-3-8-14/h1-3,6-8,10,12H,4-5,9,11,13H2,(H,24,25,29). The molecule has 32 heavy (non-hydrogen) atoms. The van der Waals surface area contributed by atoms with Crippen molar-refractivity contribution in [2.45, 2.75) is 36.6 Å². The Balaban J connectivity index is 1.35. The third-order valence-electron chi connectivity index (χ3n) is 5.60. The molecule has 1 aliphatic carbocycles. The van der Waals surface area contributed by atoms with Gasteiger partial charge < -0.3 is 9.40 Å². The molecule has 7 nitrogen and oxygen atoms in total. The highest BCUT2D eigenvalue weighted by molar-refractivity contribution is 7.98. The molecule has 0 amide bonds. The predicted molar refractivity (Wildman–Crippen MR) is 126 cm³/mol. The Morgan fingerprint density at radius 3 is 2.81 bits per heavy atom. The summed E-state index contributed by atoms with van der Waals surface area (Å²) in [4.78, 5) is 22.8. The van der Waals surface area contributed by atoms with Gasteiger partial charge in [-0.1, -0.05) is 30.0 Å². The van der Waals surface area contributed by atoms with Crippen LogP contribution in [-0.2, 0) is 18.6 Å². The Morgan fingerprint density at radius 1 is 1.09 bits per heavy atom. The minimum absolute atomic E-state index is 0.0363. The summed E-state index contributed by atoms with van der Waals surface area (Å²) in [6, 6.07) is 13.6. The summed E-state index contributed by atoms with van der Waals surface area (Å²) in [6.45, 7) is 0. The van der Waals surface area contributed by atoms with E-state index < -0.39 is 0 Å². The maximum absolute atomic E-state index is 12.8. The van der Waals surface area contributed by atoms with Crippen LogP contribution in [0, 0.1) is 0 Å². The molecule has 0 bridgehead atoms. The van der Waals surface area contributed by atoms with E-state index in [1.807, 2.05) is 47.0 Å². The number of thiophene rings is 1. The van der Waals surface area contributed by atoms with Crippen molar-refractivity contribution in [3.8, 4) is 17.3 Å². The summed E-state index contributed by atoms with van der Waals surface area (Å²) in [5, 5.41) is 10.3. The number of thioether (sulfide) groups is 1. The molecule has 4 aromatic heterocycles. The van der Waals surface area contributed by atoms with Crippen molar-refractivity contribution >= 4 is 33.3 Å². The Hall–Kier alpha value is -3.17. The molecule has 0 atom stereocenters. The van der Waals surface area contributed by atoms with E-state index in [2.05, 4.69) is 15.2 Å². The molecule has 0 radical (unpaired) electrons. The minimum atomic E-state index is -0.0363. The molecular weight excluding hydrogens is 442 g/mol. The van der Waals surface area contributed by atoms with Crippen LogP contribution in [-0.4, -0.2) is 24.7 Å². The van der Waals surface area contributed by atoms with Gasteiger partial charge in [-0.25, -0.2) is 4.98 Å². The lowest BCUT2D eigenvalue weighted by Gasteiger charge is -2.09. The highest BCUT2D eigenvalue weighted by Gasteiger charge is 2.21. The smallest absolute Gasteiger partial charge is 0.259 e. The van der Waals surface area contributed by atoms with Crippen LogP contribution in [0.3, 0.4) is 0 Å². The second-order valence-electron chi connectivity index (χ2n) is 7.65. The SMILES string of the molecule is O=c1[nH]c(CSc2nnc(-c3ccco3)n2-c2ccccc2)nc2sc3c(c12)CCCC3. The molecule has 0 unspecified atom stereocenters. The van der Waals surface area contributed by atoms with Gasteiger partial charge in [-0.2, -0.15) is 0 Å². The molecule has 0 fully saturated rings. The Bertz CT molecular complexity index is 1450. The number of aromatic amines is 1. The van der Waals surface area contributed by atoms with Gasteiger partial charge in [0.15, 0.2) is 10.9 Å². The monoisotopic (exact) mass is 461 g/mol. The molecule has 0 saturated carbocycles. The number of furan rings is 1. The molecule has 1 N–H and O–H groups in total. The molecule has 9 heteroatoms. The van der Waals surface area contributed by atoms with Crippen molar-refractivity contribution in [2.75, 3.05) is 0 Å². The lowest BCUT2D eigenvalue weighted by Crippen LogP contribution is -2.12. The molecule has 0 aliphatic heterocycles. The second-order valence-corrected chi connectivity index (χ2v) is 9.67. The number of H-pyrrole nitrogens is 1. The maximum atomic E-state index is 12.8. The molecule has 5 aromatic rings. The molecule has 0 spiro atoms. The number of nitrogens with zero attached hydrogens (tertiary/aromatic N) is 4. The zero-order chi connectivity index (χ0) is 21.5.